The average molecular weight is 403 g/mol. The zero-order valence-electron chi connectivity index (χ0n) is 13.6. The Morgan fingerprint density at radius 2 is 1.84 bits per heavy atom. The van der Waals surface area contributed by atoms with Crippen molar-refractivity contribution in [1.82, 2.24) is 20.2 Å². The van der Waals surface area contributed by atoms with Crippen LogP contribution in [0.5, 0.6) is 0 Å². The zero-order valence-corrected chi connectivity index (χ0v) is 16.9. The lowest BCUT2D eigenvalue weighted by molar-refractivity contribution is 0.953. The summed E-state index contributed by atoms with van der Waals surface area (Å²) in [6, 6.07) is 8.57. The molecule has 0 spiro atoms. The molecular weight excluding hydrogens is 388 g/mol. The topological polar surface area (TPSA) is 51.6 Å². The summed E-state index contributed by atoms with van der Waals surface area (Å²) < 4.78 is 1.91. The van der Waals surface area contributed by atoms with Gasteiger partial charge in [-0.3, -0.25) is 0 Å². The van der Waals surface area contributed by atoms with E-state index < -0.39 is 0 Å². The maximum atomic E-state index is 4.52. The SMILES string of the molecule is CCSc1nnc(Sc2ncnc3scc(-c4ccc(C)cc4)c23)s1. The quantitative estimate of drug-likeness (QED) is 0.311. The fraction of sp³-hybridized carbons (Fsp3) is 0.176. The van der Waals surface area contributed by atoms with Crippen LogP contribution < -0.4 is 0 Å². The van der Waals surface area contributed by atoms with Crippen molar-refractivity contribution in [2.75, 3.05) is 5.75 Å². The van der Waals surface area contributed by atoms with Gasteiger partial charge >= 0.3 is 0 Å². The van der Waals surface area contributed by atoms with Crippen molar-refractivity contribution in [3.05, 3.63) is 41.5 Å². The van der Waals surface area contributed by atoms with E-state index >= 15 is 0 Å². The molecule has 0 saturated heterocycles. The predicted molar refractivity (Wildman–Crippen MR) is 108 cm³/mol. The van der Waals surface area contributed by atoms with Crippen LogP contribution in [0.2, 0.25) is 0 Å². The van der Waals surface area contributed by atoms with Gasteiger partial charge in [0, 0.05) is 10.9 Å². The standard InChI is InChI=1S/C17H14N4S4/c1-3-22-16-20-21-17(25-16)24-15-13-12(8-23-14(13)18-9-19-15)11-6-4-10(2)5-7-11/h4-9H,3H2,1-2H3. The summed E-state index contributed by atoms with van der Waals surface area (Å²) in [5.41, 5.74) is 3.62. The molecule has 126 valence electrons. The second-order valence-corrected chi connectivity index (χ2v) is 9.83. The van der Waals surface area contributed by atoms with Crippen molar-refractivity contribution in [1.29, 1.82) is 0 Å². The van der Waals surface area contributed by atoms with Crippen molar-refractivity contribution >= 4 is 56.4 Å². The number of benzene rings is 1. The first-order valence-corrected chi connectivity index (χ1v) is 11.2. The van der Waals surface area contributed by atoms with Crippen LogP contribution >= 0.6 is 46.2 Å². The maximum Gasteiger partial charge on any atom is 0.181 e. The van der Waals surface area contributed by atoms with Crippen molar-refractivity contribution in [3.8, 4) is 11.1 Å². The largest absolute Gasteiger partial charge is 0.229 e. The zero-order chi connectivity index (χ0) is 17.2. The molecule has 0 atom stereocenters. The lowest BCUT2D eigenvalue weighted by Crippen LogP contribution is -1.86. The van der Waals surface area contributed by atoms with Gasteiger partial charge in [-0.2, -0.15) is 0 Å². The average Bonchev–Trinajstić information content (AvgIpc) is 3.24. The molecule has 0 aliphatic heterocycles. The summed E-state index contributed by atoms with van der Waals surface area (Å²) in [4.78, 5) is 9.96. The molecule has 4 rings (SSSR count). The van der Waals surface area contributed by atoms with E-state index in [-0.39, 0.29) is 0 Å². The Balaban J connectivity index is 1.75. The number of aryl methyl sites for hydroxylation is 1. The second kappa shape index (κ2) is 7.41. The van der Waals surface area contributed by atoms with Gasteiger partial charge in [0.25, 0.3) is 0 Å². The van der Waals surface area contributed by atoms with E-state index in [1.165, 1.54) is 16.7 Å². The van der Waals surface area contributed by atoms with Gasteiger partial charge in [0.1, 0.15) is 16.2 Å². The number of hydrogen-bond donors (Lipinski definition) is 0. The number of hydrogen-bond acceptors (Lipinski definition) is 8. The number of nitrogens with zero attached hydrogens (tertiary/aromatic N) is 4. The highest BCUT2D eigenvalue weighted by atomic mass is 32.2. The second-order valence-electron chi connectivity index (χ2n) is 5.24. The smallest absolute Gasteiger partial charge is 0.181 e. The molecular formula is C17H14N4S4. The number of thiophene rings is 1. The van der Waals surface area contributed by atoms with Crippen molar-refractivity contribution < 1.29 is 0 Å². The Kier molecular flexibility index (Phi) is 5.03. The molecule has 0 amide bonds. The Bertz CT molecular complexity index is 1010. The van der Waals surface area contributed by atoms with Crippen LogP contribution in [0.4, 0.5) is 0 Å². The maximum absolute atomic E-state index is 4.52. The summed E-state index contributed by atoms with van der Waals surface area (Å²) in [5, 5.41) is 12.7. The van der Waals surface area contributed by atoms with E-state index in [0.717, 1.165) is 29.7 Å². The molecule has 4 aromatic rings. The van der Waals surface area contributed by atoms with E-state index in [0.29, 0.717) is 0 Å². The summed E-state index contributed by atoms with van der Waals surface area (Å²) >= 11 is 6.55. The number of rotatable bonds is 5. The molecule has 0 aliphatic rings. The molecule has 0 bridgehead atoms. The molecule has 1 aromatic carbocycles. The van der Waals surface area contributed by atoms with Crippen LogP contribution in [0, 0.1) is 6.92 Å². The van der Waals surface area contributed by atoms with Crippen molar-refractivity contribution in [2.24, 2.45) is 0 Å². The van der Waals surface area contributed by atoms with E-state index in [1.54, 1.807) is 52.5 Å². The van der Waals surface area contributed by atoms with Gasteiger partial charge in [-0.05, 0) is 30.0 Å². The van der Waals surface area contributed by atoms with Crippen molar-refractivity contribution in [2.45, 2.75) is 27.6 Å². The van der Waals surface area contributed by atoms with Crippen molar-refractivity contribution in [3.63, 3.8) is 0 Å². The minimum Gasteiger partial charge on any atom is -0.229 e. The van der Waals surface area contributed by atoms with Gasteiger partial charge in [0.05, 0.1) is 5.39 Å². The lowest BCUT2D eigenvalue weighted by atomic mass is 10.1. The normalized spacial score (nSPS) is 11.3. The molecule has 0 radical (unpaired) electrons. The molecule has 0 aliphatic carbocycles. The summed E-state index contributed by atoms with van der Waals surface area (Å²) in [6.45, 7) is 4.22. The van der Waals surface area contributed by atoms with Crippen LogP contribution in [0.3, 0.4) is 0 Å². The first-order chi connectivity index (χ1) is 12.2. The highest BCUT2D eigenvalue weighted by Crippen LogP contribution is 2.41. The van der Waals surface area contributed by atoms with Gasteiger partial charge in [0.15, 0.2) is 8.68 Å². The van der Waals surface area contributed by atoms with Crippen LogP contribution in [0.1, 0.15) is 12.5 Å². The first kappa shape index (κ1) is 17.0. The molecule has 0 fully saturated rings. The Hall–Kier alpha value is -1.48. The fourth-order valence-electron chi connectivity index (χ4n) is 2.37. The minimum atomic E-state index is 0.914. The molecule has 0 saturated carbocycles. The third-order valence-corrected chi connectivity index (χ3v) is 7.42. The van der Waals surface area contributed by atoms with Gasteiger partial charge < -0.3 is 0 Å². The van der Waals surface area contributed by atoms with Gasteiger partial charge in [-0.1, -0.05) is 59.9 Å². The molecule has 8 heteroatoms. The predicted octanol–water partition coefficient (Wildman–Crippen LogP) is 5.78. The van der Waals surface area contributed by atoms with E-state index in [9.17, 15) is 0 Å². The first-order valence-electron chi connectivity index (χ1n) is 7.68. The van der Waals surface area contributed by atoms with E-state index in [4.69, 9.17) is 0 Å². The molecule has 25 heavy (non-hydrogen) atoms. The number of aromatic nitrogens is 4. The van der Waals surface area contributed by atoms with Crippen LogP contribution in [0.15, 0.2) is 49.7 Å². The number of fused-ring (bicyclic) bond motifs is 1. The third kappa shape index (κ3) is 3.57. The van der Waals surface area contributed by atoms with E-state index in [1.807, 2.05) is 0 Å². The highest BCUT2D eigenvalue weighted by molar-refractivity contribution is 8.03. The Labute approximate surface area is 162 Å². The summed E-state index contributed by atoms with van der Waals surface area (Å²) in [6.07, 6.45) is 1.63. The van der Waals surface area contributed by atoms with Crippen LogP contribution in [0.25, 0.3) is 21.3 Å². The van der Waals surface area contributed by atoms with Gasteiger partial charge in [-0.25, -0.2) is 9.97 Å². The third-order valence-electron chi connectivity index (χ3n) is 3.54. The number of thioether (sulfide) groups is 1. The van der Waals surface area contributed by atoms with Crippen LogP contribution in [-0.2, 0) is 0 Å². The van der Waals surface area contributed by atoms with Gasteiger partial charge in [-0.15, -0.1) is 21.5 Å². The Morgan fingerprint density at radius 3 is 2.64 bits per heavy atom. The molecule has 0 unspecified atom stereocenters. The fourth-order valence-corrected chi connectivity index (χ4v) is 6.29. The Morgan fingerprint density at radius 1 is 1.04 bits per heavy atom. The lowest BCUT2D eigenvalue weighted by Gasteiger charge is -2.04. The minimum absolute atomic E-state index is 0.914. The monoisotopic (exact) mass is 402 g/mol. The highest BCUT2D eigenvalue weighted by Gasteiger charge is 2.16. The molecule has 3 heterocycles. The summed E-state index contributed by atoms with van der Waals surface area (Å²) in [7, 11) is 0. The van der Waals surface area contributed by atoms with Crippen LogP contribution in [-0.4, -0.2) is 25.9 Å². The van der Waals surface area contributed by atoms with E-state index in [2.05, 4.69) is 63.7 Å². The van der Waals surface area contributed by atoms with Gasteiger partial charge in [0.2, 0.25) is 0 Å². The summed E-state index contributed by atoms with van der Waals surface area (Å²) in [5.74, 6) is 0.999. The molecule has 3 aromatic heterocycles. The molecule has 0 N–H and O–H groups in total. The molecule has 4 nitrogen and oxygen atoms in total.